The molecule has 0 rings (SSSR count). The third-order valence-corrected chi connectivity index (χ3v) is 1.53. The summed E-state index contributed by atoms with van der Waals surface area (Å²) in [6, 6.07) is 0. The number of carboxylic acid groups (broad SMARTS) is 1. The first kappa shape index (κ1) is 11.6. The monoisotopic (exact) mass is 187 g/mol. The van der Waals surface area contributed by atoms with E-state index >= 15 is 0 Å². The molecule has 0 aromatic heterocycles. The molecule has 0 radical (unpaired) electrons. The van der Waals surface area contributed by atoms with E-state index in [2.05, 4.69) is 6.58 Å². The molecule has 74 valence electrons. The van der Waals surface area contributed by atoms with Crippen molar-refractivity contribution in [1.82, 2.24) is 4.90 Å². The zero-order valence-corrected chi connectivity index (χ0v) is 7.49. The van der Waals surface area contributed by atoms with Crippen molar-refractivity contribution >= 4 is 11.9 Å². The van der Waals surface area contributed by atoms with Gasteiger partial charge in [0.2, 0.25) is 5.91 Å². The third kappa shape index (κ3) is 4.27. The van der Waals surface area contributed by atoms with Crippen LogP contribution < -0.4 is 0 Å². The molecule has 0 bridgehead atoms. The van der Waals surface area contributed by atoms with Crippen LogP contribution in [0.25, 0.3) is 0 Å². The van der Waals surface area contributed by atoms with Crippen molar-refractivity contribution in [2.45, 2.75) is 6.42 Å². The van der Waals surface area contributed by atoms with Crippen LogP contribution in [0.2, 0.25) is 0 Å². The molecule has 5 nitrogen and oxygen atoms in total. The number of aliphatic hydroxyl groups is 1. The summed E-state index contributed by atoms with van der Waals surface area (Å²) in [5.74, 6) is -1.54. The van der Waals surface area contributed by atoms with Crippen molar-refractivity contribution in [2.75, 3.05) is 20.2 Å². The van der Waals surface area contributed by atoms with Crippen molar-refractivity contribution in [3.63, 3.8) is 0 Å². The molecule has 0 aliphatic rings. The Balaban J connectivity index is 4.00. The van der Waals surface area contributed by atoms with Crippen LogP contribution in [0.15, 0.2) is 12.2 Å². The van der Waals surface area contributed by atoms with Crippen molar-refractivity contribution in [2.24, 2.45) is 0 Å². The third-order valence-electron chi connectivity index (χ3n) is 1.53. The summed E-state index contributed by atoms with van der Waals surface area (Å²) in [6.45, 7) is 3.29. The Hall–Kier alpha value is -1.36. The number of carbonyl (C=O) groups is 2. The van der Waals surface area contributed by atoms with Gasteiger partial charge in [0.05, 0.1) is 13.0 Å². The lowest BCUT2D eigenvalue weighted by Gasteiger charge is -2.15. The predicted octanol–water partition coefficient (Wildman–Crippen LogP) is -0.532. The van der Waals surface area contributed by atoms with Crippen molar-refractivity contribution in [3.05, 3.63) is 12.2 Å². The van der Waals surface area contributed by atoms with Gasteiger partial charge in [0, 0.05) is 19.2 Å². The molecule has 0 atom stereocenters. The molecule has 0 unspecified atom stereocenters. The lowest BCUT2D eigenvalue weighted by molar-refractivity contribution is -0.136. The van der Waals surface area contributed by atoms with E-state index in [1.54, 1.807) is 0 Å². The van der Waals surface area contributed by atoms with Crippen LogP contribution >= 0.6 is 0 Å². The Morgan fingerprint density at radius 1 is 1.46 bits per heavy atom. The molecule has 0 saturated carbocycles. The van der Waals surface area contributed by atoms with Crippen molar-refractivity contribution < 1.29 is 19.8 Å². The second-order valence-corrected chi connectivity index (χ2v) is 2.62. The average molecular weight is 187 g/mol. The lowest BCUT2D eigenvalue weighted by atomic mass is 10.2. The molecule has 0 heterocycles. The fraction of sp³-hybridized carbons (Fsp3) is 0.500. The smallest absolute Gasteiger partial charge is 0.331 e. The molecule has 5 heteroatoms. The Kier molecular flexibility index (Phi) is 4.76. The second kappa shape index (κ2) is 5.31. The highest BCUT2D eigenvalue weighted by atomic mass is 16.4. The zero-order chi connectivity index (χ0) is 10.4. The van der Waals surface area contributed by atoms with Crippen LogP contribution in [0.3, 0.4) is 0 Å². The first-order valence-corrected chi connectivity index (χ1v) is 3.75. The summed E-state index contributed by atoms with van der Waals surface area (Å²) in [7, 11) is 1.49. The lowest BCUT2D eigenvalue weighted by Crippen LogP contribution is -2.30. The summed E-state index contributed by atoms with van der Waals surface area (Å²) in [6.07, 6.45) is -0.216. The number of aliphatic carboxylic acids is 1. The predicted molar refractivity (Wildman–Crippen MR) is 46.1 cm³/mol. The topological polar surface area (TPSA) is 77.8 Å². The van der Waals surface area contributed by atoms with Crippen LogP contribution in [0.5, 0.6) is 0 Å². The molecule has 1 amide bonds. The molecular formula is C8H13NO4. The molecule has 0 aromatic rings. The van der Waals surface area contributed by atoms with Gasteiger partial charge in [0.15, 0.2) is 0 Å². The van der Waals surface area contributed by atoms with Crippen molar-refractivity contribution in [1.29, 1.82) is 0 Å². The second-order valence-electron chi connectivity index (χ2n) is 2.62. The Bertz CT molecular complexity index is 224. The van der Waals surface area contributed by atoms with Gasteiger partial charge < -0.3 is 15.1 Å². The minimum Gasteiger partial charge on any atom is -0.478 e. The number of rotatable bonds is 5. The Morgan fingerprint density at radius 2 is 2.00 bits per heavy atom. The maximum Gasteiger partial charge on any atom is 0.331 e. The van der Waals surface area contributed by atoms with Gasteiger partial charge >= 0.3 is 5.97 Å². The molecular weight excluding hydrogens is 174 g/mol. The van der Waals surface area contributed by atoms with E-state index < -0.39 is 5.97 Å². The van der Waals surface area contributed by atoms with Gasteiger partial charge in [-0.25, -0.2) is 4.79 Å². The first-order valence-electron chi connectivity index (χ1n) is 3.75. The van der Waals surface area contributed by atoms with Crippen LogP contribution in [0.1, 0.15) is 6.42 Å². The number of hydrogen-bond donors (Lipinski definition) is 2. The fourth-order valence-electron chi connectivity index (χ4n) is 0.668. The number of likely N-dealkylation sites (N-methyl/N-ethyl adjacent to an activating group) is 1. The van der Waals surface area contributed by atoms with E-state index in [-0.39, 0.29) is 31.1 Å². The summed E-state index contributed by atoms with van der Waals surface area (Å²) in [5.41, 5.74) is -0.144. The van der Waals surface area contributed by atoms with Gasteiger partial charge in [-0.3, -0.25) is 4.79 Å². The minimum absolute atomic E-state index is 0.137. The van der Waals surface area contributed by atoms with Crippen LogP contribution in [0, 0.1) is 0 Å². The highest BCUT2D eigenvalue weighted by Gasteiger charge is 2.13. The molecule has 0 saturated heterocycles. The molecule has 0 aliphatic heterocycles. The molecule has 13 heavy (non-hydrogen) atoms. The number of carbonyl (C=O) groups excluding carboxylic acids is 1. The largest absolute Gasteiger partial charge is 0.478 e. The number of hydrogen-bond acceptors (Lipinski definition) is 3. The maximum atomic E-state index is 11.1. The maximum absolute atomic E-state index is 11.1. The number of nitrogens with zero attached hydrogens (tertiary/aromatic N) is 1. The minimum atomic E-state index is -1.18. The highest BCUT2D eigenvalue weighted by molar-refractivity contribution is 5.93. The van der Waals surface area contributed by atoms with Gasteiger partial charge in [-0.2, -0.15) is 0 Å². The zero-order valence-electron chi connectivity index (χ0n) is 7.49. The van der Waals surface area contributed by atoms with Gasteiger partial charge in [-0.05, 0) is 0 Å². The average Bonchev–Trinajstić information content (AvgIpc) is 2.04. The fourth-order valence-corrected chi connectivity index (χ4v) is 0.668. The molecule has 0 fully saturated rings. The number of carboxylic acids is 1. The Morgan fingerprint density at radius 3 is 2.38 bits per heavy atom. The summed E-state index contributed by atoms with van der Waals surface area (Å²) in [4.78, 5) is 22.7. The van der Waals surface area contributed by atoms with Gasteiger partial charge in [-0.1, -0.05) is 6.58 Å². The standard InChI is InChI=1S/C8H13NO4/c1-6(8(12)13)5-7(11)9(2)3-4-10/h10H,1,3-5H2,2H3,(H,12,13). The van der Waals surface area contributed by atoms with E-state index in [0.29, 0.717) is 0 Å². The quantitative estimate of drug-likeness (QED) is 0.567. The number of amides is 1. The normalized spacial score (nSPS) is 9.38. The van der Waals surface area contributed by atoms with E-state index in [4.69, 9.17) is 10.2 Å². The molecule has 0 spiro atoms. The van der Waals surface area contributed by atoms with E-state index in [1.165, 1.54) is 11.9 Å². The SMILES string of the molecule is C=C(CC(=O)N(C)CCO)C(=O)O. The summed E-state index contributed by atoms with van der Waals surface area (Å²) >= 11 is 0. The van der Waals surface area contributed by atoms with Crippen LogP contribution in [-0.2, 0) is 9.59 Å². The van der Waals surface area contributed by atoms with Crippen LogP contribution in [-0.4, -0.2) is 47.2 Å². The van der Waals surface area contributed by atoms with Crippen LogP contribution in [0.4, 0.5) is 0 Å². The molecule has 0 aliphatic carbocycles. The van der Waals surface area contributed by atoms with E-state index in [1.807, 2.05) is 0 Å². The van der Waals surface area contributed by atoms with Gasteiger partial charge in [0.1, 0.15) is 0 Å². The van der Waals surface area contributed by atoms with E-state index in [0.717, 1.165) is 0 Å². The summed E-state index contributed by atoms with van der Waals surface area (Å²) in [5, 5.41) is 16.9. The first-order chi connectivity index (χ1) is 5.99. The van der Waals surface area contributed by atoms with Gasteiger partial charge in [0.25, 0.3) is 0 Å². The Labute approximate surface area is 76.3 Å². The highest BCUT2D eigenvalue weighted by Crippen LogP contribution is 2.01. The molecule has 0 aromatic carbocycles. The van der Waals surface area contributed by atoms with Crippen molar-refractivity contribution in [3.8, 4) is 0 Å². The molecule has 2 N–H and O–H groups in total. The summed E-state index contributed by atoms with van der Waals surface area (Å²) < 4.78 is 0. The van der Waals surface area contributed by atoms with Gasteiger partial charge in [-0.15, -0.1) is 0 Å². The number of aliphatic hydroxyl groups excluding tert-OH is 1. The van der Waals surface area contributed by atoms with E-state index in [9.17, 15) is 9.59 Å².